The van der Waals surface area contributed by atoms with E-state index in [-0.39, 0.29) is 46.5 Å². The molecule has 1 saturated heterocycles. The van der Waals surface area contributed by atoms with E-state index < -0.39 is 5.97 Å². The number of anilines is 2. The van der Waals surface area contributed by atoms with Gasteiger partial charge in [-0.1, -0.05) is 32.9 Å². The van der Waals surface area contributed by atoms with Gasteiger partial charge in [0.25, 0.3) is 0 Å². The van der Waals surface area contributed by atoms with Crippen molar-refractivity contribution in [1.82, 2.24) is 0 Å². The molecule has 2 heterocycles. The molecule has 0 unspecified atom stereocenters. The van der Waals surface area contributed by atoms with Crippen LogP contribution < -0.4 is 49.6 Å². The van der Waals surface area contributed by atoms with Gasteiger partial charge in [-0.3, -0.25) is 0 Å². The Morgan fingerprint density at radius 1 is 1.19 bits per heavy atom. The van der Waals surface area contributed by atoms with E-state index in [0.717, 1.165) is 41.2 Å². The fourth-order valence-electron chi connectivity index (χ4n) is 4.08. The van der Waals surface area contributed by atoms with Gasteiger partial charge in [0.2, 0.25) is 0 Å². The summed E-state index contributed by atoms with van der Waals surface area (Å²) in [6.07, 6.45) is 0.921. The molecule has 31 heavy (non-hydrogen) atoms. The van der Waals surface area contributed by atoms with Gasteiger partial charge in [-0.25, -0.2) is 0 Å². The van der Waals surface area contributed by atoms with Gasteiger partial charge in [-0.05, 0) is 54.7 Å². The van der Waals surface area contributed by atoms with Crippen molar-refractivity contribution in [2.45, 2.75) is 52.1 Å². The number of hydrogen-bond acceptors (Lipinski definition) is 5. The second kappa shape index (κ2) is 8.68. The van der Waals surface area contributed by atoms with Crippen molar-refractivity contribution in [2.75, 3.05) is 29.9 Å². The summed E-state index contributed by atoms with van der Waals surface area (Å²) < 4.78 is 6.45. The van der Waals surface area contributed by atoms with Gasteiger partial charge in [0.05, 0.1) is 5.69 Å². The Morgan fingerprint density at radius 3 is 2.55 bits per heavy atom. The van der Waals surface area contributed by atoms with Crippen LogP contribution in [-0.4, -0.2) is 31.2 Å². The van der Waals surface area contributed by atoms with Crippen molar-refractivity contribution in [1.29, 1.82) is 0 Å². The van der Waals surface area contributed by atoms with Gasteiger partial charge in [-0.2, -0.15) is 0 Å². The maximum Gasteiger partial charge on any atom is 1.00 e. The molecule has 0 spiro atoms. The van der Waals surface area contributed by atoms with E-state index in [1.807, 2.05) is 12.1 Å². The van der Waals surface area contributed by atoms with Crippen LogP contribution in [0.3, 0.4) is 0 Å². The van der Waals surface area contributed by atoms with Crippen LogP contribution in [0.1, 0.15) is 46.6 Å². The number of carbonyl (C=O) groups excluding carboxylic acids is 1. The van der Waals surface area contributed by atoms with Crippen LogP contribution in [0.5, 0.6) is 5.75 Å². The van der Waals surface area contributed by atoms with Crippen molar-refractivity contribution in [3.05, 3.63) is 42.0 Å². The first-order chi connectivity index (χ1) is 14.0. The second-order valence-corrected chi connectivity index (χ2v) is 10.2. The van der Waals surface area contributed by atoms with E-state index in [0.29, 0.717) is 13.1 Å². The van der Waals surface area contributed by atoms with E-state index in [1.165, 1.54) is 5.56 Å². The Balaban J connectivity index is 0.00000272. The largest absolute Gasteiger partial charge is 1.00 e. The normalized spacial score (nSPS) is 17.9. The standard InChI is InChI=1S/C25H32N2O3.Na/c1-24(2,3)18-12-20(22-21(13-18)30-25(4,5)9-10-26-22)16-7-6-8-19(11-16)27-14-17(15-27)23(28)29;/h6-8,11-13,17,26H,9-10,14-15H2,1-5H3,(H,28,29);/q;+1/p-1. The third kappa shape index (κ3) is 5.05. The number of carboxylic acids is 1. The van der Waals surface area contributed by atoms with Crippen molar-refractivity contribution in [3.8, 4) is 16.9 Å². The SMILES string of the molecule is CC1(C)CCNc2c(cc(C(C)(C)C)cc2-c2cccc(N3CC(C(=O)[O-])C3)c2)O1.[Na+]. The molecular weight excluding hydrogens is 399 g/mol. The molecule has 2 aromatic carbocycles. The fourth-order valence-corrected chi connectivity index (χ4v) is 4.08. The third-order valence-corrected chi connectivity index (χ3v) is 6.12. The van der Waals surface area contributed by atoms with Gasteiger partial charge in [0.15, 0.2) is 0 Å². The number of benzene rings is 2. The minimum absolute atomic E-state index is 0. The summed E-state index contributed by atoms with van der Waals surface area (Å²) in [6, 6.07) is 12.8. The molecule has 1 N–H and O–H groups in total. The van der Waals surface area contributed by atoms with E-state index in [9.17, 15) is 9.90 Å². The minimum Gasteiger partial charge on any atom is -0.550 e. The topological polar surface area (TPSA) is 64.6 Å². The summed E-state index contributed by atoms with van der Waals surface area (Å²) in [6.45, 7) is 12.7. The Bertz CT molecular complexity index is 975. The number of rotatable bonds is 3. The average molecular weight is 431 g/mol. The smallest absolute Gasteiger partial charge is 0.550 e. The van der Waals surface area contributed by atoms with Crippen LogP contribution in [0.25, 0.3) is 11.1 Å². The first-order valence-corrected chi connectivity index (χ1v) is 10.7. The van der Waals surface area contributed by atoms with E-state index >= 15 is 0 Å². The number of fused-ring (bicyclic) bond motifs is 1. The molecule has 6 heteroatoms. The molecule has 0 aromatic heterocycles. The van der Waals surface area contributed by atoms with Gasteiger partial charge in [0, 0.05) is 49.2 Å². The molecule has 0 amide bonds. The number of ether oxygens (including phenoxy) is 1. The first kappa shape index (κ1) is 24.0. The molecule has 5 nitrogen and oxygen atoms in total. The average Bonchev–Trinajstić information content (AvgIpc) is 2.75. The van der Waals surface area contributed by atoms with Crippen molar-refractivity contribution >= 4 is 17.3 Å². The van der Waals surface area contributed by atoms with Crippen LogP contribution in [-0.2, 0) is 10.2 Å². The minimum atomic E-state index is -0.963. The summed E-state index contributed by atoms with van der Waals surface area (Å²) in [7, 11) is 0. The van der Waals surface area contributed by atoms with Crippen LogP contribution in [0.4, 0.5) is 11.4 Å². The quantitative estimate of drug-likeness (QED) is 0.731. The van der Waals surface area contributed by atoms with Gasteiger partial charge >= 0.3 is 29.6 Å². The number of nitrogens with zero attached hydrogens (tertiary/aromatic N) is 1. The number of carbonyl (C=O) groups is 1. The van der Waals surface area contributed by atoms with E-state index in [1.54, 1.807) is 0 Å². The summed E-state index contributed by atoms with van der Waals surface area (Å²) in [5.41, 5.74) is 5.27. The molecule has 0 saturated carbocycles. The van der Waals surface area contributed by atoms with E-state index in [2.05, 4.69) is 69.1 Å². The van der Waals surface area contributed by atoms with Crippen LogP contribution in [0.2, 0.25) is 0 Å². The first-order valence-electron chi connectivity index (χ1n) is 10.7. The molecule has 4 rings (SSSR count). The Kier molecular flexibility index (Phi) is 6.71. The monoisotopic (exact) mass is 430 g/mol. The predicted octanol–water partition coefficient (Wildman–Crippen LogP) is 0.814. The molecule has 2 aliphatic rings. The Hall–Kier alpha value is -1.69. The molecule has 160 valence electrons. The molecule has 2 aliphatic heterocycles. The van der Waals surface area contributed by atoms with Crippen molar-refractivity contribution < 1.29 is 44.2 Å². The molecule has 0 aliphatic carbocycles. The zero-order valence-electron chi connectivity index (χ0n) is 19.5. The molecule has 2 aromatic rings. The fraction of sp³-hybridized carbons (Fsp3) is 0.480. The molecule has 0 radical (unpaired) electrons. The van der Waals surface area contributed by atoms with Crippen molar-refractivity contribution in [2.24, 2.45) is 5.92 Å². The van der Waals surface area contributed by atoms with Crippen LogP contribution in [0.15, 0.2) is 36.4 Å². The third-order valence-electron chi connectivity index (χ3n) is 6.12. The molecule has 0 atom stereocenters. The molecule has 1 fully saturated rings. The van der Waals surface area contributed by atoms with Gasteiger partial charge in [0.1, 0.15) is 11.4 Å². The Labute approximate surface area is 207 Å². The van der Waals surface area contributed by atoms with Crippen LogP contribution >= 0.6 is 0 Å². The second-order valence-electron chi connectivity index (χ2n) is 10.2. The van der Waals surface area contributed by atoms with Crippen LogP contribution in [0, 0.1) is 5.92 Å². The van der Waals surface area contributed by atoms with Gasteiger partial charge in [-0.15, -0.1) is 0 Å². The summed E-state index contributed by atoms with van der Waals surface area (Å²) >= 11 is 0. The number of aliphatic carboxylic acids is 1. The molecule has 0 bridgehead atoms. The zero-order chi connectivity index (χ0) is 21.7. The number of nitrogens with one attached hydrogen (secondary N) is 1. The summed E-state index contributed by atoms with van der Waals surface area (Å²) in [4.78, 5) is 13.2. The zero-order valence-corrected chi connectivity index (χ0v) is 21.5. The molecular formula is C25H31N2NaO3. The summed E-state index contributed by atoms with van der Waals surface area (Å²) in [5.74, 6) is -0.452. The maximum atomic E-state index is 11.1. The Morgan fingerprint density at radius 2 is 1.90 bits per heavy atom. The van der Waals surface area contributed by atoms with Gasteiger partial charge < -0.3 is 24.9 Å². The summed E-state index contributed by atoms with van der Waals surface area (Å²) in [5, 5.41) is 14.7. The maximum absolute atomic E-state index is 11.1. The number of hydrogen-bond donors (Lipinski definition) is 1. The van der Waals surface area contributed by atoms with Crippen molar-refractivity contribution in [3.63, 3.8) is 0 Å². The predicted molar refractivity (Wildman–Crippen MR) is 119 cm³/mol. The van der Waals surface area contributed by atoms with E-state index in [4.69, 9.17) is 4.74 Å². The number of carboxylic acid groups (broad SMARTS) is 1.